The summed E-state index contributed by atoms with van der Waals surface area (Å²) in [5.41, 5.74) is 1.06. The van der Waals surface area contributed by atoms with Crippen LogP contribution in [0.5, 0.6) is 0 Å². The maximum absolute atomic E-state index is 14.3. The van der Waals surface area contributed by atoms with Gasteiger partial charge in [0.25, 0.3) is 0 Å². The molecule has 74 heavy (non-hydrogen) atoms. The number of hydrogen-bond acceptors (Lipinski definition) is 17. The summed E-state index contributed by atoms with van der Waals surface area (Å²) in [7, 11) is 0. The van der Waals surface area contributed by atoms with E-state index < -0.39 is 116 Å². The largest absolute Gasteiger partial charge is 0.462 e. The Labute approximate surface area is 429 Å². The van der Waals surface area contributed by atoms with Crippen LogP contribution in [0, 0.1) is 0 Å². The molecule has 6 aromatic carbocycles. The highest BCUT2D eigenvalue weighted by Crippen LogP contribution is 2.36. The molecule has 8 rings (SSSR count). The summed E-state index contributed by atoms with van der Waals surface area (Å²) in [6.07, 6.45) is -17.4. The standard InChI is InChI=1S/C56H49ClO17/c57-31-43(58)65-33-42-44(70-51(60)37-23-11-3-12-24-37)46(66-32-35-19-7-1-8-20-35)49(73-54(63)40-29-17-6-18-30-40)56(69-42)74-45-41(34-67-50(59)36-21-9-2-10-22-36)68-55(64)48(72-53(62)39-27-15-5-16-28-39)47(45)71-52(61)38-25-13-4-14-26-38/h1-30,41-42,44-49,55-56,64H,31-34H2/t41-,42-,44+,45-,46+,47+,48+,49-,55+,56+/m1/s1. The van der Waals surface area contributed by atoms with E-state index in [1.54, 1.807) is 121 Å². The highest BCUT2D eigenvalue weighted by molar-refractivity contribution is 6.26. The van der Waals surface area contributed by atoms with E-state index in [9.17, 15) is 33.9 Å². The maximum Gasteiger partial charge on any atom is 0.338 e. The second kappa shape index (κ2) is 25.7. The Balaban J connectivity index is 1.25. The zero-order valence-electron chi connectivity index (χ0n) is 39.3. The van der Waals surface area contributed by atoms with Gasteiger partial charge < -0.3 is 52.5 Å². The molecule has 0 unspecified atom stereocenters. The molecule has 382 valence electrons. The first-order valence-electron chi connectivity index (χ1n) is 23.3. The van der Waals surface area contributed by atoms with Crippen LogP contribution in [0.25, 0.3) is 0 Å². The van der Waals surface area contributed by atoms with Crippen molar-refractivity contribution in [2.45, 2.75) is 68.0 Å². The van der Waals surface area contributed by atoms with Crippen LogP contribution in [0.3, 0.4) is 0 Å². The summed E-state index contributed by atoms with van der Waals surface area (Å²) >= 11 is 5.87. The average molecular weight is 1030 g/mol. The van der Waals surface area contributed by atoms with E-state index >= 15 is 0 Å². The first-order valence-corrected chi connectivity index (χ1v) is 23.9. The third-order valence-electron chi connectivity index (χ3n) is 11.7. The van der Waals surface area contributed by atoms with Gasteiger partial charge in [0.15, 0.2) is 37.0 Å². The molecule has 18 heteroatoms. The highest BCUT2D eigenvalue weighted by Gasteiger charge is 2.57. The Hall–Kier alpha value is -7.77. The fourth-order valence-electron chi connectivity index (χ4n) is 8.05. The van der Waals surface area contributed by atoms with E-state index in [2.05, 4.69) is 0 Å². The number of halogens is 1. The van der Waals surface area contributed by atoms with Gasteiger partial charge in [-0.3, -0.25) is 4.79 Å². The lowest BCUT2D eigenvalue weighted by Gasteiger charge is -2.48. The molecule has 2 heterocycles. The van der Waals surface area contributed by atoms with Gasteiger partial charge in [0.1, 0.15) is 43.5 Å². The van der Waals surface area contributed by atoms with Crippen LogP contribution in [0.1, 0.15) is 57.4 Å². The predicted octanol–water partition coefficient (Wildman–Crippen LogP) is 6.94. The highest BCUT2D eigenvalue weighted by atomic mass is 35.5. The molecule has 0 aromatic heterocycles. The van der Waals surface area contributed by atoms with Gasteiger partial charge in [-0.25, -0.2) is 24.0 Å². The van der Waals surface area contributed by atoms with Crippen LogP contribution in [-0.2, 0) is 58.8 Å². The summed E-state index contributed by atoms with van der Waals surface area (Å²) in [4.78, 5) is 82.6. The lowest BCUT2D eigenvalue weighted by atomic mass is 9.95. The van der Waals surface area contributed by atoms with Crippen molar-refractivity contribution < 1.29 is 81.2 Å². The second-order valence-corrected chi connectivity index (χ2v) is 17.0. The third kappa shape index (κ3) is 13.6. The summed E-state index contributed by atoms with van der Waals surface area (Å²) in [5.74, 6) is -6.00. The van der Waals surface area contributed by atoms with Crippen LogP contribution in [0.2, 0.25) is 0 Å². The maximum atomic E-state index is 14.3. The molecule has 0 amide bonds. The molecule has 2 fully saturated rings. The zero-order chi connectivity index (χ0) is 51.8. The number of alkyl halides is 1. The minimum atomic E-state index is -2.07. The van der Waals surface area contributed by atoms with Crippen molar-refractivity contribution in [2.75, 3.05) is 19.1 Å². The summed E-state index contributed by atoms with van der Waals surface area (Å²) in [6, 6.07) is 48.1. The van der Waals surface area contributed by atoms with E-state index in [0.717, 1.165) is 0 Å². The topological polar surface area (TPSA) is 215 Å². The number of benzene rings is 6. The Bertz CT molecular complexity index is 2790. The molecule has 17 nitrogen and oxygen atoms in total. The van der Waals surface area contributed by atoms with E-state index in [0.29, 0.717) is 5.56 Å². The van der Waals surface area contributed by atoms with Crippen LogP contribution in [0.15, 0.2) is 182 Å². The van der Waals surface area contributed by atoms with Gasteiger partial charge in [0.2, 0.25) is 0 Å². The Kier molecular flexibility index (Phi) is 18.3. The fourth-order valence-corrected chi connectivity index (χ4v) is 8.12. The first-order chi connectivity index (χ1) is 36.1. The molecule has 0 aliphatic carbocycles. The van der Waals surface area contributed by atoms with Gasteiger partial charge in [-0.05, 0) is 66.2 Å². The molecule has 1 N–H and O–H groups in total. The Morgan fingerprint density at radius 3 is 1.26 bits per heavy atom. The predicted molar refractivity (Wildman–Crippen MR) is 260 cm³/mol. The number of rotatable bonds is 19. The lowest BCUT2D eigenvalue weighted by Crippen LogP contribution is -2.67. The fraction of sp³-hybridized carbons (Fsp3) is 0.250. The van der Waals surface area contributed by atoms with Gasteiger partial charge >= 0.3 is 35.8 Å². The lowest BCUT2D eigenvalue weighted by molar-refractivity contribution is -0.355. The van der Waals surface area contributed by atoms with E-state index in [1.807, 2.05) is 0 Å². The van der Waals surface area contributed by atoms with Crippen molar-refractivity contribution in [3.8, 4) is 0 Å². The average Bonchev–Trinajstić information content (AvgIpc) is 3.45. The molecular formula is C56H49ClO17. The second-order valence-electron chi connectivity index (χ2n) is 16.7. The number of esters is 6. The monoisotopic (exact) mass is 1030 g/mol. The molecule has 2 aliphatic rings. The van der Waals surface area contributed by atoms with Gasteiger partial charge in [-0.15, -0.1) is 11.6 Å². The Morgan fingerprint density at radius 1 is 0.419 bits per heavy atom. The molecule has 10 atom stereocenters. The molecule has 2 saturated heterocycles. The van der Waals surface area contributed by atoms with Gasteiger partial charge in [-0.1, -0.05) is 121 Å². The van der Waals surface area contributed by atoms with Crippen LogP contribution in [-0.4, -0.2) is 121 Å². The molecule has 0 bridgehead atoms. The number of ether oxygens (including phenoxy) is 10. The number of carbonyl (C=O) groups excluding carboxylic acids is 6. The smallest absolute Gasteiger partial charge is 0.338 e. The van der Waals surface area contributed by atoms with Crippen LogP contribution in [0.4, 0.5) is 0 Å². The minimum absolute atomic E-state index is 0.0367. The van der Waals surface area contributed by atoms with Crippen molar-refractivity contribution >= 4 is 47.4 Å². The van der Waals surface area contributed by atoms with Crippen molar-refractivity contribution in [2.24, 2.45) is 0 Å². The molecule has 6 aromatic rings. The van der Waals surface area contributed by atoms with E-state index in [-0.39, 0.29) is 34.4 Å². The quantitative estimate of drug-likeness (QED) is 0.0494. The number of aliphatic hydroxyl groups excluding tert-OH is 1. The zero-order valence-corrected chi connectivity index (χ0v) is 40.0. The summed E-state index contributed by atoms with van der Waals surface area (Å²) < 4.78 is 61.9. The number of hydrogen-bond donors (Lipinski definition) is 1. The van der Waals surface area contributed by atoms with Gasteiger partial charge in [-0.2, -0.15) is 0 Å². The van der Waals surface area contributed by atoms with Crippen molar-refractivity contribution in [1.82, 2.24) is 0 Å². The van der Waals surface area contributed by atoms with Gasteiger partial charge in [0.05, 0.1) is 34.4 Å². The van der Waals surface area contributed by atoms with E-state index in [4.69, 9.17) is 59.0 Å². The van der Waals surface area contributed by atoms with Crippen molar-refractivity contribution in [1.29, 1.82) is 0 Å². The molecule has 2 aliphatic heterocycles. The van der Waals surface area contributed by atoms with Crippen LogP contribution < -0.4 is 0 Å². The third-order valence-corrected chi connectivity index (χ3v) is 11.9. The van der Waals surface area contributed by atoms with Gasteiger partial charge in [0, 0.05) is 0 Å². The summed E-state index contributed by atoms with van der Waals surface area (Å²) in [5, 5.41) is 11.8. The number of carbonyl (C=O) groups is 6. The normalized spacial score (nSPS) is 23.3. The first kappa shape index (κ1) is 52.5. The molecule has 0 spiro atoms. The molecule has 0 radical (unpaired) electrons. The van der Waals surface area contributed by atoms with Crippen LogP contribution >= 0.6 is 11.6 Å². The van der Waals surface area contributed by atoms with Crippen molar-refractivity contribution in [3.63, 3.8) is 0 Å². The number of aliphatic hydroxyl groups is 1. The van der Waals surface area contributed by atoms with E-state index in [1.165, 1.54) is 60.7 Å². The SMILES string of the molecule is O=C(CCl)OC[C@H]1O[C@@H](O[C@H]2[C@H](OC(=O)c3ccccc3)[C@H](OC(=O)c3ccccc3)[C@@H](O)O[C@@H]2COC(=O)c2ccccc2)[C@H](OC(=O)c2ccccc2)[C@@H](OCc2ccccc2)[C@H]1OC(=O)c1ccccc1. The molecule has 0 saturated carbocycles. The minimum Gasteiger partial charge on any atom is -0.462 e. The Morgan fingerprint density at radius 2 is 0.797 bits per heavy atom. The summed E-state index contributed by atoms with van der Waals surface area (Å²) in [6.45, 7) is -1.53. The van der Waals surface area contributed by atoms with Crippen molar-refractivity contribution in [3.05, 3.63) is 215 Å². The molecular weight excluding hydrogens is 980 g/mol.